The maximum absolute atomic E-state index is 12.2. The zero-order valence-electron chi connectivity index (χ0n) is 10.1. The van der Waals surface area contributed by atoms with Gasteiger partial charge in [-0.1, -0.05) is 23.1 Å². The van der Waals surface area contributed by atoms with E-state index in [1.807, 2.05) is 4.90 Å². The van der Waals surface area contributed by atoms with E-state index >= 15 is 0 Å². The molecule has 2 rings (SSSR count). The highest BCUT2D eigenvalue weighted by molar-refractivity contribution is 8.01. The van der Waals surface area contributed by atoms with E-state index < -0.39 is 0 Å². The number of carbonyl (C=O) groups excluding carboxylic acids is 1. The molecule has 4 nitrogen and oxygen atoms in total. The van der Waals surface area contributed by atoms with Gasteiger partial charge in [0.2, 0.25) is 5.91 Å². The summed E-state index contributed by atoms with van der Waals surface area (Å²) in [6.45, 7) is 4.28. The smallest absolute Gasteiger partial charge is 0.233 e. The van der Waals surface area contributed by atoms with Crippen molar-refractivity contribution in [2.24, 2.45) is 0 Å². The molecule has 6 heteroatoms. The van der Waals surface area contributed by atoms with Crippen molar-refractivity contribution in [2.45, 2.75) is 49.5 Å². The molecule has 2 unspecified atom stereocenters. The summed E-state index contributed by atoms with van der Waals surface area (Å²) >= 11 is 2.97. The molecular formula is C11H17N3OS2. The first-order valence-corrected chi connectivity index (χ1v) is 7.75. The van der Waals surface area contributed by atoms with Crippen LogP contribution < -0.4 is 0 Å². The molecule has 2 atom stereocenters. The Morgan fingerprint density at radius 3 is 2.82 bits per heavy atom. The molecule has 1 amide bonds. The summed E-state index contributed by atoms with van der Waals surface area (Å²) < 4.78 is 0.871. The summed E-state index contributed by atoms with van der Waals surface area (Å²) in [5.41, 5.74) is 1.69. The molecule has 94 valence electrons. The van der Waals surface area contributed by atoms with Gasteiger partial charge in [-0.2, -0.15) is 0 Å². The van der Waals surface area contributed by atoms with Crippen molar-refractivity contribution < 1.29 is 4.79 Å². The standard InChI is InChI=1S/C11H17N3OS2/c1-8-4-3-5-9(2)14(8)10(15)6-16-11-13-12-7-17-11/h7-9H,3-6H2,1-2H3. The maximum Gasteiger partial charge on any atom is 0.233 e. The van der Waals surface area contributed by atoms with Crippen molar-refractivity contribution in [2.75, 3.05) is 5.75 Å². The fraction of sp³-hybridized carbons (Fsp3) is 0.727. The highest BCUT2D eigenvalue weighted by Gasteiger charge is 2.28. The Hall–Kier alpha value is -0.620. The number of hydrogen-bond acceptors (Lipinski definition) is 5. The van der Waals surface area contributed by atoms with Gasteiger partial charge < -0.3 is 4.90 Å². The second kappa shape index (κ2) is 5.82. The summed E-state index contributed by atoms with van der Waals surface area (Å²) in [7, 11) is 0. The first-order valence-electron chi connectivity index (χ1n) is 5.88. The predicted octanol–water partition coefficient (Wildman–Crippen LogP) is 2.42. The Kier molecular flexibility index (Phi) is 4.39. The Morgan fingerprint density at radius 2 is 2.24 bits per heavy atom. The molecule has 1 aromatic heterocycles. The molecule has 0 saturated carbocycles. The topological polar surface area (TPSA) is 46.1 Å². The predicted molar refractivity (Wildman–Crippen MR) is 70.3 cm³/mol. The van der Waals surface area contributed by atoms with Crippen LogP contribution in [0.15, 0.2) is 9.85 Å². The normalized spacial score (nSPS) is 24.9. The van der Waals surface area contributed by atoms with Crippen LogP contribution in [0, 0.1) is 0 Å². The Bertz CT molecular complexity index is 359. The molecule has 0 aromatic carbocycles. The van der Waals surface area contributed by atoms with Gasteiger partial charge in [-0.3, -0.25) is 4.79 Å². The van der Waals surface area contributed by atoms with Gasteiger partial charge in [0.05, 0.1) is 5.75 Å². The Morgan fingerprint density at radius 1 is 1.53 bits per heavy atom. The third kappa shape index (κ3) is 3.19. The van der Waals surface area contributed by atoms with Gasteiger partial charge in [0, 0.05) is 12.1 Å². The highest BCUT2D eigenvalue weighted by atomic mass is 32.2. The number of nitrogens with zero attached hydrogens (tertiary/aromatic N) is 3. The first-order chi connectivity index (χ1) is 8.18. The largest absolute Gasteiger partial charge is 0.337 e. The SMILES string of the molecule is CC1CCCC(C)N1C(=O)CSc1nncs1. The lowest BCUT2D eigenvalue weighted by Gasteiger charge is -2.39. The molecule has 0 bridgehead atoms. The molecule has 0 aliphatic carbocycles. The second-order valence-electron chi connectivity index (χ2n) is 4.42. The van der Waals surface area contributed by atoms with Gasteiger partial charge in [-0.05, 0) is 33.1 Å². The van der Waals surface area contributed by atoms with Crippen LogP contribution in [-0.2, 0) is 4.79 Å². The third-order valence-electron chi connectivity index (χ3n) is 3.14. The van der Waals surface area contributed by atoms with Crippen molar-refractivity contribution in [1.29, 1.82) is 0 Å². The molecule has 0 spiro atoms. The van der Waals surface area contributed by atoms with Gasteiger partial charge in [0.1, 0.15) is 5.51 Å². The summed E-state index contributed by atoms with van der Waals surface area (Å²) in [4.78, 5) is 14.2. The van der Waals surface area contributed by atoms with E-state index in [-0.39, 0.29) is 5.91 Å². The number of thioether (sulfide) groups is 1. The molecule has 17 heavy (non-hydrogen) atoms. The van der Waals surface area contributed by atoms with E-state index in [9.17, 15) is 4.79 Å². The average molecular weight is 271 g/mol. The van der Waals surface area contributed by atoms with Crippen LogP contribution in [0.25, 0.3) is 0 Å². The maximum atomic E-state index is 12.2. The number of carbonyl (C=O) groups is 1. The lowest BCUT2D eigenvalue weighted by atomic mass is 9.98. The molecule has 2 heterocycles. The van der Waals surface area contributed by atoms with Gasteiger partial charge >= 0.3 is 0 Å². The fourth-order valence-corrected chi connectivity index (χ4v) is 3.69. The molecule has 1 saturated heterocycles. The zero-order valence-corrected chi connectivity index (χ0v) is 11.8. The van der Waals surface area contributed by atoms with Crippen molar-refractivity contribution >= 4 is 29.0 Å². The molecule has 1 aromatic rings. The zero-order chi connectivity index (χ0) is 12.3. The summed E-state index contributed by atoms with van der Waals surface area (Å²) in [6, 6.07) is 0.752. The van der Waals surface area contributed by atoms with E-state index in [2.05, 4.69) is 24.0 Å². The fourth-order valence-electron chi connectivity index (χ4n) is 2.34. The average Bonchev–Trinajstić information content (AvgIpc) is 2.79. The number of aromatic nitrogens is 2. The summed E-state index contributed by atoms with van der Waals surface area (Å²) in [5.74, 6) is 0.703. The van der Waals surface area contributed by atoms with Crippen LogP contribution in [-0.4, -0.2) is 38.8 Å². The van der Waals surface area contributed by atoms with Crippen LogP contribution in [0.2, 0.25) is 0 Å². The van der Waals surface area contributed by atoms with Crippen LogP contribution in [0.3, 0.4) is 0 Å². The minimum atomic E-state index is 0.227. The van der Waals surface area contributed by atoms with E-state index in [0.29, 0.717) is 17.8 Å². The van der Waals surface area contributed by atoms with Crippen molar-refractivity contribution in [3.8, 4) is 0 Å². The highest BCUT2D eigenvalue weighted by Crippen LogP contribution is 2.25. The van der Waals surface area contributed by atoms with E-state index in [4.69, 9.17) is 0 Å². The Balaban J connectivity index is 1.90. The van der Waals surface area contributed by atoms with Crippen molar-refractivity contribution in [3.63, 3.8) is 0 Å². The van der Waals surface area contributed by atoms with Gasteiger partial charge in [0.25, 0.3) is 0 Å². The first kappa shape index (κ1) is 12.8. The van der Waals surface area contributed by atoms with E-state index in [0.717, 1.165) is 17.2 Å². The van der Waals surface area contributed by atoms with Crippen molar-refractivity contribution in [3.05, 3.63) is 5.51 Å². The molecule has 0 N–H and O–H groups in total. The van der Waals surface area contributed by atoms with Gasteiger partial charge in [-0.15, -0.1) is 10.2 Å². The lowest BCUT2D eigenvalue weighted by Crippen LogP contribution is -2.48. The van der Waals surface area contributed by atoms with Crippen LogP contribution in [0.4, 0.5) is 0 Å². The molecule has 1 aliphatic rings. The molecule has 1 aliphatic heterocycles. The number of amides is 1. The Labute approximate surface area is 110 Å². The number of likely N-dealkylation sites (tertiary alicyclic amines) is 1. The van der Waals surface area contributed by atoms with Crippen LogP contribution in [0.5, 0.6) is 0 Å². The van der Waals surface area contributed by atoms with Gasteiger partial charge in [-0.25, -0.2) is 0 Å². The quantitative estimate of drug-likeness (QED) is 0.792. The number of rotatable bonds is 3. The number of hydrogen-bond donors (Lipinski definition) is 0. The van der Waals surface area contributed by atoms with Crippen molar-refractivity contribution in [1.82, 2.24) is 15.1 Å². The lowest BCUT2D eigenvalue weighted by molar-refractivity contribution is -0.134. The molecule has 1 fully saturated rings. The van der Waals surface area contributed by atoms with E-state index in [1.54, 1.807) is 5.51 Å². The van der Waals surface area contributed by atoms with Gasteiger partial charge in [0.15, 0.2) is 4.34 Å². The third-order valence-corrected chi connectivity index (χ3v) is 4.99. The van der Waals surface area contributed by atoms with Crippen LogP contribution in [0.1, 0.15) is 33.1 Å². The monoisotopic (exact) mass is 271 g/mol. The molecular weight excluding hydrogens is 254 g/mol. The second-order valence-corrected chi connectivity index (χ2v) is 6.48. The summed E-state index contributed by atoms with van der Waals surface area (Å²) in [5, 5.41) is 7.70. The van der Waals surface area contributed by atoms with E-state index in [1.165, 1.54) is 29.5 Å². The molecule has 0 radical (unpaired) electrons. The number of piperidine rings is 1. The summed E-state index contributed by atoms with van der Waals surface area (Å²) in [6.07, 6.45) is 3.48. The minimum Gasteiger partial charge on any atom is -0.337 e. The minimum absolute atomic E-state index is 0.227. The van der Waals surface area contributed by atoms with Crippen LogP contribution >= 0.6 is 23.1 Å².